The van der Waals surface area contributed by atoms with Crippen LogP contribution in [0.15, 0.2) is 57.5 Å². The van der Waals surface area contributed by atoms with E-state index in [0.29, 0.717) is 0 Å². The maximum Gasteiger partial charge on any atom is 0.157 e. The highest BCUT2D eigenvalue weighted by atomic mass is 79.9. The van der Waals surface area contributed by atoms with E-state index in [1.807, 2.05) is 12.1 Å². The second kappa shape index (κ2) is 14.3. The van der Waals surface area contributed by atoms with Gasteiger partial charge in [0.25, 0.3) is 0 Å². The summed E-state index contributed by atoms with van der Waals surface area (Å²) < 4.78 is 13.4. The predicted octanol–water partition coefficient (Wildman–Crippen LogP) is 6.30. The first kappa shape index (κ1) is 23.6. The second-order valence-corrected chi connectivity index (χ2v) is 8.68. The molecule has 1 unspecified atom stereocenters. The Bertz CT molecular complexity index is 638. The van der Waals surface area contributed by atoms with E-state index in [-0.39, 0.29) is 12.9 Å². The van der Waals surface area contributed by atoms with E-state index in [2.05, 4.69) is 68.3 Å². The molecule has 0 saturated carbocycles. The molecule has 0 spiro atoms. The normalized spacial score (nSPS) is 16.3. The lowest BCUT2D eigenvalue weighted by atomic mass is 10.1. The lowest BCUT2D eigenvalue weighted by Gasteiger charge is -2.22. The number of ether oxygens (including phenoxy) is 2. The van der Waals surface area contributed by atoms with Crippen molar-refractivity contribution < 1.29 is 14.6 Å². The Labute approximate surface area is 185 Å². The number of hydrogen-bond acceptors (Lipinski definition) is 3. The Morgan fingerprint density at radius 3 is 1.93 bits per heavy atom. The smallest absolute Gasteiger partial charge is 0.157 e. The van der Waals surface area contributed by atoms with Crippen LogP contribution in [0.3, 0.4) is 0 Å². The summed E-state index contributed by atoms with van der Waals surface area (Å²) in [5.74, 6) is 0. The van der Waals surface area contributed by atoms with E-state index in [9.17, 15) is 0 Å². The lowest BCUT2D eigenvalue weighted by Crippen LogP contribution is -2.22. The number of aliphatic hydroxyl groups excluding tert-OH is 1. The van der Waals surface area contributed by atoms with Gasteiger partial charge in [0.2, 0.25) is 0 Å². The van der Waals surface area contributed by atoms with Gasteiger partial charge in [0.15, 0.2) is 6.29 Å². The van der Waals surface area contributed by atoms with Crippen molar-refractivity contribution in [1.82, 2.24) is 0 Å². The fraction of sp³-hybridized carbons (Fsp3) is 0.478. The van der Waals surface area contributed by atoms with Gasteiger partial charge in [-0.2, -0.15) is 0 Å². The molecule has 0 aromatic heterocycles. The molecule has 0 bridgehead atoms. The molecule has 1 fully saturated rings. The minimum Gasteiger partial charge on any atom is -0.396 e. The number of rotatable bonds is 8. The summed E-state index contributed by atoms with van der Waals surface area (Å²) in [5.41, 5.74) is 2.64. The van der Waals surface area contributed by atoms with Gasteiger partial charge in [0, 0.05) is 22.2 Å². The zero-order valence-electron chi connectivity index (χ0n) is 16.3. The third-order valence-electron chi connectivity index (χ3n) is 4.50. The average molecular weight is 514 g/mol. The quantitative estimate of drug-likeness (QED) is 0.421. The van der Waals surface area contributed by atoms with E-state index in [0.717, 1.165) is 54.3 Å². The van der Waals surface area contributed by atoms with Gasteiger partial charge in [-0.3, -0.25) is 0 Å². The van der Waals surface area contributed by atoms with Crippen molar-refractivity contribution in [3.8, 4) is 0 Å². The van der Waals surface area contributed by atoms with Gasteiger partial charge >= 0.3 is 0 Å². The van der Waals surface area contributed by atoms with Gasteiger partial charge in [-0.05, 0) is 80.3 Å². The molecular formula is C23H30Br2O3. The van der Waals surface area contributed by atoms with Gasteiger partial charge < -0.3 is 14.6 Å². The van der Waals surface area contributed by atoms with Crippen LogP contribution in [0.4, 0.5) is 0 Å². The Hall–Kier alpha value is -0.720. The Balaban J connectivity index is 0.000000221. The molecule has 3 nitrogen and oxygen atoms in total. The van der Waals surface area contributed by atoms with Crippen LogP contribution in [0.2, 0.25) is 0 Å². The average Bonchev–Trinajstić information content (AvgIpc) is 2.73. The van der Waals surface area contributed by atoms with Crippen molar-refractivity contribution in [1.29, 1.82) is 0 Å². The summed E-state index contributed by atoms with van der Waals surface area (Å²) in [6.07, 6.45) is 7.45. The molecule has 1 aliphatic rings. The van der Waals surface area contributed by atoms with E-state index in [1.54, 1.807) is 0 Å². The first-order valence-corrected chi connectivity index (χ1v) is 11.6. The van der Waals surface area contributed by atoms with Crippen LogP contribution >= 0.6 is 31.9 Å². The monoisotopic (exact) mass is 512 g/mol. The molecular weight excluding hydrogens is 484 g/mol. The van der Waals surface area contributed by atoms with Crippen molar-refractivity contribution in [2.45, 2.75) is 51.2 Å². The van der Waals surface area contributed by atoms with Gasteiger partial charge in [0.1, 0.15) is 0 Å². The topological polar surface area (TPSA) is 38.7 Å². The molecule has 1 atom stereocenters. The molecule has 1 N–H and O–H groups in total. The fourth-order valence-corrected chi connectivity index (χ4v) is 3.45. The van der Waals surface area contributed by atoms with E-state index in [1.165, 1.54) is 24.0 Å². The predicted molar refractivity (Wildman–Crippen MR) is 122 cm³/mol. The molecule has 0 aliphatic carbocycles. The Kier molecular flexibility index (Phi) is 12.0. The highest BCUT2D eigenvalue weighted by Gasteiger charge is 2.13. The van der Waals surface area contributed by atoms with E-state index >= 15 is 0 Å². The zero-order valence-corrected chi connectivity index (χ0v) is 19.5. The fourth-order valence-electron chi connectivity index (χ4n) is 2.92. The van der Waals surface area contributed by atoms with Crippen molar-refractivity contribution >= 4 is 31.9 Å². The first-order chi connectivity index (χ1) is 13.7. The summed E-state index contributed by atoms with van der Waals surface area (Å²) in [7, 11) is 0. The van der Waals surface area contributed by atoms with E-state index < -0.39 is 0 Å². The number of halogens is 2. The summed E-state index contributed by atoms with van der Waals surface area (Å²) >= 11 is 6.80. The van der Waals surface area contributed by atoms with Crippen LogP contribution in [0.25, 0.3) is 0 Å². The molecule has 5 heteroatoms. The van der Waals surface area contributed by atoms with Crippen LogP contribution in [0.5, 0.6) is 0 Å². The number of aliphatic hydroxyl groups is 1. The number of benzene rings is 2. The maximum absolute atomic E-state index is 8.57. The minimum absolute atomic E-state index is 0.0497. The number of aryl methyl sites for hydroxylation is 2. The highest BCUT2D eigenvalue weighted by molar-refractivity contribution is 9.10. The second-order valence-electron chi connectivity index (χ2n) is 6.85. The first-order valence-electron chi connectivity index (χ1n) is 10.0. The highest BCUT2D eigenvalue weighted by Crippen LogP contribution is 2.15. The van der Waals surface area contributed by atoms with Gasteiger partial charge in [-0.25, -0.2) is 0 Å². The molecule has 1 aliphatic heterocycles. The van der Waals surface area contributed by atoms with Crippen molar-refractivity contribution in [3.63, 3.8) is 0 Å². The summed E-state index contributed by atoms with van der Waals surface area (Å²) in [4.78, 5) is 0. The summed E-state index contributed by atoms with van der Waals surface area (Å²) in [6.45, 7) is 1.92. The molecule has 1 heterocycles. The lowest BCUT2D eigenvalue weighted by molar-refractivity contribution is -0.162. The molecule has 0 amide bonds. The van der Waals surface area contributed by atoms with Gasteiger partial charge in [0.05, 0.1) is 6.61 Å². The summed E-state index contributed by atoms with van der Waals surface area (Å²) in [6, 6.07) is 16.7. The Morgan fingerprint density at radius 2 is 1.43 bits per heavy atom. The van der Waals surface area contributed by atoms with Crippen LogP contribution in [-0.4, -0.2) is 31.2 Å². The van der Waals surface area contributed by atoms with Crippen molar-refractivity contribution in [2.24, 2.45) is 0 Å². The standard InChI is InChI=1S/C14H19BrO2.C9H11BrO/c15-13-8-6-12(7-9-13)4-3-11-17-14-5-1-2-10-16-14;10-9-5-3-8(4-6-9)2-1-7-11/h6-9,14H,1-5,10-11H2;3-6,11H,1-2,7H2. The summed E-state index contributed by atoms with van der Waals surface area (Å²) in [5, 5.41) is 8.57. The van der Waals surface area contributed by atoms with E-state index in [4.69, 9.17) is 14.6 Å². The van der Waals surface area contributed by atoms with Crippen molar-refractivity contribution in [3.05, 3.63) is 68.6 Å². The molecule has 2 aromatic rings. The largest absolute Gasteiger partial charge is 0.396 e. The van der Waals surface area contributed by atoms with Crippen LogP contribution in [0, 0.1) is 0 Å². The van der Waals surface area contributed by atoms with Gasteiger partial charge in [-0.15, -0.1) is 0 Å². The third-order valence-corrected chi connectivity index (χ3v) is 5.56. The van der Waals surface area contributed by atoms with Crippen molar-refractivity contribution in [2.75, 3.05) is 19.8 Å². The number of hydrogen-bond donors (Lipinski definition) is 1. The molecule has 1 saturated heterocycles. The molecule has 28 heavy (non-hydrogen) atoms. The van der Waals surface area contributed by atoms with Gasteiger partial charge in [-0.1, -0.05) is 56.1 Å². The molecule has 2 aromatic carbocycles. The zero-order chi connectivity index (χ0) is 20.0. The maximum atomic E-state index is 8.57. The molecule has 3 rings (SSSR count). The minimum atomic E-state index is 0.0497. The third kappa shape index (κ3) is 10.2. The SMILES string of the molecule is Brc1ccc(CCCOC2CCCCO2)cc1.OCCCc1ccc(Br)cc1. The van der Waals surface area contributed by atoms with Crippen LogP contribution < -0.4 is 0 Å². The molecule has 154 valence electrons. The van der Waals surface area contributed by atoms with Crippen LogP contribution in [0.1, 0.15) is 43.2 Å². The molecule has 0 radical (unpaired) electrons. The Morgan fingerprint density at radius 1 is 0.857 bits per heavy atom. The van der Waals surface area contributed by atoms with Crippen LogP contribution in [-0.2, 0) is 22.3 Å².